The zero-order valence-corrected chi connectivity index (χ0v) is 11.4. The summed E-state index contributed by atoms with van der Waals surface area (Å²) in [7, 11) is -3.76. The summed E-state index contributed by atoms with van der Waals surface area (Å²) in [4.78, 5) is 0.153. The SMILES string of the molecule is O=S(=O)(Oc1ccc2sccc2c1)c1ccccc1. The first-order valence-corrected chi connectivity index (χ1v) is 7.91. The molecule has 3 aromatic rings. The van der Waals surface area contributed by atoms with Crippen molar-refractivity contribution in [1.29, 1.82) is 0 Å². The van der Waals surface area contributed by atoms with Gasteiger partial charge in [-0.15, -0.1) is 11.3 Å². The highest BCUT2D eigenvalue weighted by Crippen LogP contribution is 2.27. The van der Waals surface area contributed by atoms with Crippen LogP contribution in [0.15, 0.2) is 64.9 Å². The Morgan fingerprint density at radius 2 is 1.74 bits per heavy atom. The van der Waals surface area contributed by atoms with E-state index in [1.807, 2.05) is 17.5 Å². The summed E-state index contributed by atoms with van der Waals surface area (Å²) in [5.74, 6) is 0.328. The molecule has 0 amide bonds. The van der Waals surface area contributed by atoms with Gasteiger partial charge in [-0.2, -0.15) is 8.42 Å². The molecule has 1 heterocycles. The molecule has 2 aromatic carbocycles. The van der Waals surface area contributed by atoms with Gasteiger partial charge in [0, 0.05) is 4.70 Å². The number of hydrogen-bond acceptors (Lipinski definition) is 4. The highest BCUT2D eigenvalue weighted by Gasteiger charge is 2.16. The van der Waals surface area contributed by atoms with Gasteiger partial charge in [0.1, 0.15) is 10.6 Å². The maximum atomic E-state index is 12.1. The lowest BCUT2D eigenvalue weighted by Gasteiger charge is -2.06. The largest absolute Gasteiger partial charge is 0.379 e. The van der Waals surface area contributed by atoms with E-state index < -0.39 is 10.1 Å². The van der Waals surface area contributed by atoms with E-state index in [4.69, 9.17) is 4.18 Å². The second kappa shape index (κ2) is 4.68. The molecule has 0 aliphatic heterocycles. The van der Waals surface area contributed by atoms with Crippen LogP contribution in [0.25, 0.3) is 10.1 Å². The van der Waals surface area contributed by atoms with E-state index in [2.05, 4.69) is 0 Å². The van der Waals surface area contributed by atoms with Crippen LogP contribution in [0.5, 0.6) is 5.75 Å². The molecule has 3 rings (SSSR count). The van der Waals surface area contributed by atoms with Crippen molar-refractivity contribution in [1.82, 2.24) is 0 Å². The number of benzene rings is 2. The number of rotatable bonds is 3. The van der Waals surface area contributed by atoms with Crippen LogP contribution in [0.3, 0.4) is 0 Å². The molecule has 0 atom stereocenters. The van der Waals surface area contributed by atoms with Crippen LogP contribution in [0, 0.1) is 0 Å². The first-order chi connectivity index (χ1) is 9.15. The monoisotopic (exact) mass is 290 g/mol. The van der Waals surface area contributed by atoms with Crippen molar-refractivity contribution >= 4 is 31.5 Å². The molecule has 0 fully saturated rings. The minimum atomic E-state index is -3.76. The fourth-order valence-corrected chi connectivity index (χ4v) is 3.47. The first-order valence-electron chi connectivity index (χ1n) is 5.62. The molecule has 19 heavy (non-hydrogen) atoms. The molecule has 96 valence electrons. The molecule has 1 aromatic heterocycles. The van der Waals surface area contributed by atoms with Gasteiger partial charge in [0.25, 0.3) is 0 Å². The average Bonchev–Trinajstić information content (AvgIpc) is 2.87. The van der Waals surface area contributed by atoms with E-state index >= 15 is 0 Å². The molecular formula is C14H10O3S2. The zero-order chi connectivity index (χ0) is 13.3. The first kappa shape index (κ1) is 12.2. The van der Waals surface area contributed by atoms with Crippen molar-refractivity contribution in [3.8, 4) is 5.75 Å². The van der Waals surface area contributed by atoms with E-state index in [9.17, 15) is 8.42 Å². The van der Waals surface area contributed by atoms with Crippen LogP contribution in [-0.2, 0) is 10.1 Å². The van der Waals surface area contributed by atoms with E-state index in [0.717, 1.165) is 10.1 Å². The fourth-order valence-electron chi connectivity index (χ4n) is 1.76. The molecule has 0 bridgehead atoms. The Labute approximate surface area is 115 Å². The molecule has 3 nitrogen and oxygen atoms in total. The quantitative estimate of drug-likeness (QED) is 0.691. The lowest BCUT2D eigenvalue weighted by Crippen LogP contribution is -2.09. The molecule has 0 N–H and O–H groups in total. The Morgan fingerprint density at radius 3 is 2.53 bits per heavy atom. The van der Waals surface area contributed by atoms with Gasteiger partial charge in [0.05, 0.1) is 0 Å². The van der Waals surface area contributed by atoms with Crippen LogP contribution >= 0.6 is 11.3 Å². The molecule has 5 heteroatoms. The van der Waals surface area contributed by atoms with Crippen molar-refractivity contribution in [2.45, 2.75) is 4.90 Å². The maximum absolute atomic E-state index is 12.1. The summed E-state index contributed by atoms with van der Waals surface area (Å²) in [6.45, 7) is 0. The van der Waals surface area contributed by atoms with Crippen LogP contribution in [0.4, 0.5) is 0 Å². The molecule has 0 radical (unpaired) electrons. The smallest absolute Gasteiger partial charge is 0.339 e. The van der Waals surface area contributed by atoms with Crippen LogP contribution in [-0.4, -0.2) is 8.42 Å². The molecule has 0 saturated carbocycles. The lowest BCUT2D eigenvalue weighted by atomic mass is 10.2. The van der Waals surface area contributed by atoms with E-state index in [1.54, 1.807) is 41.7 Å². The van der Waals surface area contributed by atoms with Gasteiger partial charge in [-0.3, -0.25) is 0 Å². The molecule has 0 aliphatic carbocycles. The van der Waals surface area contributed by atoms with Gasteiger partial charge in [-0.25, -0.2) is 0 Å². The summed E-state index contributed by atoms with van der Waals surface area (Å²) in [6.07, 6.45) is 0. The van der Waals surface area contributed by atoms with Crippen molar-refractivity contribution in [3.05, 3.63) is 60.0 Å². The van der Waals surface area contributed by atoms with Crippen LogP contribution in [0.2, 0.25) is 0 Å². The number of thiophene rings is 1. The highest BCUT2D eigenvalue weighted by atomic mass is 32.2. The second-order valence-corrected chi connectivity index (χ2v) is 6.46. The molecule has 0 spiro atoms. The standard InChI is InChI=1S/C14H10O3S2/c15-19(16,13-4-2-1-3-5-13)17-12-6-7-14-11(10-12)8-9-18-14/h1-10H. The van der Waals surface area contributed by atoms with E-state index in [0.29, 0.717) is 5.75 Å². The molecule has 0 unspecified atom stereocenters. The summed E-state index contributed by atoms with van der Waals surface area (Å²) in [6, 6.07) is 15.3. The Bertz CT molecular complexity index is 805. The summed E-state index contributed by atoms with van der Waals surface area (Å²) < 4.78 is 30.4. The summed E-state index contributed by atoms with van der Waals surface area (Å²) in [5.41, 5.74) is 0. The highest BCUT2D eigenvalue weighted by molar-refractivity contribution is 7.87. The van der Waals surface area contributed by atoms with Gasteiger partial charge < -0.3 is 4.18 Å². The van der Waals surface area contributed by atoms with Crippen molar-refractivity contribution in [2.24, 2.45) is 0 Å². The molecule has 0 saturated heterocycles. The second-order valence-electron chi connectivity index (χ2n) is 3.97. The topological polar surface area (TPSA) is 43.4 Å². The van der Waals surface area contributed by atoms with Crippen LogP contribution < -0.4 is 4.18 Å². The fraction of sp³-hybridized carbons (Fsp3) is 0. The average molecular weight is 290 g/mol. The van der Waals surface area contributed by atoms with Crippen LogP contribution in [0.1, 0.15) is 0 Å². The summed E-state index contributed by atoms with van der Waals surface area (Å²) in [5, 5.41) is 2.94. The predicted molar refractivity (Wildman–Crippen MR) is 76.1 cm³/mol. The van der Waals surface area contributed by atoms with Gasteiger partial charge in [0.15, 0.2) is 0 Å². The number of hydrogen-bond donors (Lipinski definition) is 0. The van der Waals surface area contributed by atoms with E-state index in [-0.39, 0.29) is 4.90 Å². The normalized spacial score (nSPS) is 11.6. The minimum Gasteiger partial charge on any atom is -0.379 e. The Kier molecular flexibility index (Phi) is 3.00. The Hall–Kier alpha value is -1.85. The third kappa shape index (κ3) is 2.47. The van der Waals surface area contributed by atoms with Crippen molar-refractivity contribution in [2.75, 3.05) is 0 Å². The van der Waals surface area contributed by atoms with Gasteiger partial charge in [-0.1, -0.05) is 18.2 Å². The molecule has 0 aliphatic rings. The Morgan fingerprint density at radius 1 is 0.947 bits per heavy atom. The predicted octanol–water partition coefficient (Wildman–Crippen LogP) is 3.67. The van der Waals surface area contributed by atoms with Crippen molar-refractivity contribution < 1.29 is 12.6 Å². The van der Waals surface area contributed by atoms with Gasteiger partial charge in [0.2, 0.25) is 0 Å². The third-order valence-electron chi connectivity index (χ3n) is 2.66. The van der Waals surface area contributed by atoms with Gasteiger partial charge in [-0.05, 0) is 47.2 Å². The lowest BCUT2D eigenvalue weighted by molar-refractivity contribution is 0.486. The maximum Gasteiger partial charge on any atom is 0.339 e. The zero-order valence-electron chi connectivity index (χ0n) is 9.81. The Balaban J connectivity index is 1.96. The van der Waals surface area contributed by atoms with E-state index in [1.165, 1.54) is 12.1 Å². The molecular weight excluding hydrogens is 280 g/mol. The van der Waals surface area contributed by atoms with Gasteiger partial charge >= 0.3 is 10.1 Å². The third-order valence-corrected chi connectivity index (χ3v) is 4.82. The minimum absolute atomic E-state index is 0.153. The number of fused-ring (bicyclic) bond motifs is 1. The summed E-state index contributed by atoms with van der Waals surface area (Å²) >= 11 is 1.61. The van der Waals surface area contributed by atoms with Crippen molar-refractivity contribution in [3.63, 3.8) is 0 Å².